The molecule has 0 unspecified atom stereocenters. The molecule has 1 aliphatic rings. The van der Waals surface area contributed by atoms with Crippen LogP contribution in [0.25, 0.3) is 0 Å². The van der Waals surface area contributed by atoms with Gasteiger partial charge in [-0.05, 0) is 45.4 Å². The lowest BCUT2D eigenvalue weighted by molar-refractivity contribution is -0.144. The normalized spacial score (nSPS) is 23.2. The van der Waals surface area contributed by atoms with Crippen molar-refractivity contribution in [2.24, 2.45) is 5.92 Å². The number of carbonyl (C=O) groups is 2. The molecule has 1 rings (SSSR count). The van der Waals surface area contributed by atoms with Gasteiger partial charge in [0.25, 0.3) is 0 Å². The Labute approximate surface area is 108 Å². The lowest BCUT2D eigenvalue weighted by Gasteiger charge is -2.28. The second-order valence-corrected chi connectivity index (χ2v) is 4.59. The van der Waals surface area contributed by atoms with Gasteiger partial charge in [-0.1, -0.05) is 0 Å². The Balaban J connectivity index is 2.20. The zero-order valence-electron chi connectivity index (χ0n) is 11.2. The van der Waals surface area contributed by atoms with E-state index in [0.717, 1.165) is 25.7 Å². The summed E-state index contributed by atoms with van der Waals surface area (Å²) in [5.41, 5.74) is 0. The second kappa shape index (κ2) is 7.95. The van der Waals surface area contributed by atoms with Crippen LogP contribution in [0.15, 0.2) is 0 Å². The van der Waals surface area contributed by atoms with Crippen LogP contribution in [-0.2, 0) is 14.3 Å². The van der Waals surface area contributed by atoms with Gasteiger partial charge in [0, 0.05) is 12.5 Å². The van der Waals surface area contributed by atoms with E-state index in [1.807, 2.05) is 6.92 Å². The summed E-state index contributed by atoms with van der Waals surface area (Å²) < 4.78 is 9.78. The van der Waals surface area contributed by atoms with Crippen LogP contribution < -0.4 is 5.32 Å². The summed E-state index contributed by atoms with van der Waals surface area (Å²) in [7, 11) is 0. The molecule has 0 bridgehead atoms. The molecule has 104 valence electrons. The Kier molecular flexibility index (Phi) is 6.54. The topological polar surface area (TPSA) is 64.6 Å². The third-order valence-electron chi connectivity index (χ3n) is 3.20. The fraction of sp³-hybridized carbons (Fsp3) is 0.846. The Morgan fingerprint density at radius 2 is 1.67 bits per heavy atom. The van der Waals surface area contributed by atoms with E-state index in [0.29, 0.717) is 25.6 Å². The number of hydrogen-bond donors (Lipinski definition) is 1. The molecule has 0 heterocycles. The molecule has 0 aromatic carbocycles. The molecule has 0 atom stereocenters. The smallest absolute Gasteiger partial charge is 0.407 e. The quantitative estimate of drug-likeness (QED) is 0.767. The predicted molar refractivity (Wildman–Crippen MR) is 67.2 cm³/mol. The van der Waals surface area contributed by atoms with Crippen molar-refractivity contribution in [1.82, 2.24) is 5.32 Å². The Morgan fingerprint density at radius 1 is 1.06 bits per heavy atom. The van der Waals surface area contributed by atoms with Crippen LogP contribution in [0.2, 0.25) is 0 Å². The first-order valence-electron chi connectivity index (χ1n) is 6.74. The number of hydrogen-bond acceptors (Lipinski definition) is 4. The maximum absolute atomic E-state index is 11.3. The average molecular weight is 257 g/mol. The molecule has 0 aromatic rings. The van der Waals surface area contributed by atoms with Crippen LogP contribution in [-0.4, -0.2) is 31.3 Å². The maximum Gasteiger partial charge on any atom is 0.407 e. The molecule has 5 heteroatoms. The number of ether oxygens (including phenoxy) is 2. The minimum Gasteiger partial charge on any atom is -0.466 e. The molecule has 0 aromatic heterocycles. The van der Waals surface area contributed by atoms with E-state index in [2.05, 4.69) is 5.32 Å². The molecule has 1 N–H and O–H groups in total. The number of rotatable bonds is 5. The number of esters is 1. The van der Waals surface area contributed by atoms with E-state index in [1.165, 1.54) is 0 Å². The summed E-state index contributed by atoms with van der Waals surface area (Å²) >= 11 is 0. The van der Waals surface area contributed by atoms with Crippen LogP contribution in [0.4, 0.5) is 4.79 Å². The Hall–Kier alpha value is -1.26. The summed E-state index contributed by atoms with van der Waals surface area (Å²) in [5.74, 6) is 0.281. The summed E-state index contributed by atoms with van der Waals surface area (Å²) in [5, 5.41) is 2.84. The Morgan fingerprint density at radius 3 is 2.22 bits per heavy atom. The van der Waals surface area contributed by atoms with E-state index >= 15 is 0 Å². The fourth-order valence-electron chi connectivity index (χ4n) is 2.31. The number of nitrogens with one attached hydrogen (secondary N) is 1. The predicted octanol–water partition coefficient (Wildman–Crippen LogP) is 2.24. The van der Waals surface area contributed by atoms with Crippen LogP contribution in [0.1, 0.15) is 46.0 Å². The van der Waals surface area contributed by atoms with Gasteiger partial charge in [-0.15, -0.1) is 0 Å². The molecule has 0 spiro atoms. The monoisotopic (exact) mass is 257 g/mol. The van der Waals surface area contributed by atoms with Gasteiger partial charge in [-0.3, -0.25) is 4.79 Å². The molecule has 0 radical (unpaired) electrons. The molecule has 18 heavy (non-hydrogen) atoms. The van der Waals surface area contributed by atoms with Gasteiger partial charge in [0.2, 0.25) is 0 Å². The van der Waals surface area contributed by atoms with E-state index in [-0.39, 0.29) is 18.1 Å². The van der Waals surface area contributed by atoms with Crippen molar-refractivity contribution in [3.63, 3.8) is 0 Å². The summed E-state index contributed by atoms with van der Waals surface area (Å²) in [6, 6.07) is 0.183. The summed E-state index contributed by atoms with van der Waals surface area (Å²) in [6.45, 7) is 4.44. The van der Waals surface area contributed by atoms with Crippen molar-refractivity contribution >= 4 is 12.1 Å². The largest absolute Gasteiger partial charge is 0.466 e. The zero-order chi connectivity index (χ0) is 13.4. The lowest BCUT2D eigenvalue weighted by Crippen LogP contribution is -2.38. The first-order chi connectivity index (χ1) is 8.65. The number of amides is 1. The van der Waals surface area contributed by atoms with Gasteiger partial charge in [0.15, 0.2) is 0 Å². The van der Waals surface area contributed by atoms with Gasteiger partial charge in [0.05, 0.1) is 13.2 Å². The van der Waals surface area contributed by atoms with E-state index in [1.54, 1.807) is 6.92 Å². The van der Waals surface area contributed by atoms with Crippen molar-refractivity contribution in [3.8, 4) is 0 Å². The first kappa shape index (κ1) is 14.8. The van der Waals surface area contributed by atoms with Gasteiger partial charge < -0.3 is 14.8 Å². The van der Waals surface area contributed by atoms with Crippen molar-refractivity contribution < 1.29 is 19.1 Å². The highest BCUT2D eigenvalue weighted by atomic mass is 16.5. The van der Waals surface area contributed by atoms with Crippen LogP contribution in [0.5, 0.6) is 0 Å². The van der Waals surface area contributed by atoms with Gasteiger partial charge >= 0.3 is 12.1 Å². The Bertz CT molecular complexity index is 244. The zero-order valence-corrected chi connectivity index (χ0v) is 11.2. The molecule has 1 amide bonds. The van der Waals surface area contributed by atoms with Crippen LogP contribution in [0, 0.1) is 5.92 Å². The summed E-state index contributed by atoms with van der Waals surface area (Å²) in [6.07, 6.45) is 3.88. The highest BCUT2D eigenvalue weighted by Gasteiger charge is 2.24. The van der Waals surface area contributed by atoms with Crippen molar-refractivity contribution in [2.75, 3.05) is 13.2 Å². The van der Waals surface area contributed by atoms with Crippen LogP contribution in [0.3, 0.4) is 0 Å². The van der Waals surface area contributed by atoms with Crippen molar-refractivity contribution in [3.05, 3.63) is 0 Å². The average Bonchev–Trinajstić information content (AvgIpc) is 2.32. The highest BCUT2D eigenvalue weighted by molar-refractivity contribution is 5.69. The minimum absolute atomic E-state index is 0.112. The molecule has 1 fully saturated rings. The van der Waals surface area contributed by atoms with Gasteiger partial charge in [0.1, 0.15) is 0 Å². The number of carbonyl (C=O) groups excluding carboxylic acids is 2. The molecular formula is C13H23NO4. The van der Waals surface area contributed by atoms with E-state index in [4.69, 9.17) is 9.47 Å². The SMILES string of the molecule is CCOC(=O)CC1CCC(NC(=O)OCC)CC1. The third-order valence-corrected chi connectivity index (χ3v) is 3.20. The minimum atomic E-state index is -0.341. The highest BCUT2D eigenvalue weighted by Crippen LogP contribution is 2.27. The second-order valence-electron chi connectivity index (χ2n) is 4.59. The first-order valence-corrected chi connectivity index (χ1v) is 6.74. The van der Waals surface area contributed by atoms with Gasteiger partial charge in [-0.25, -0.2) is 4.79 Å². The van der Waals surface area contributed by atoms with E-state index in [9.17, 15) is 9.59 Å². The third kappa shape index (κ3) is 5.38. The molecule has 0 aliphatic heterocycles. The number of alkyl carbamates (subject to hydrolysis) is 1. The van der Waals surface area contributed by atoms with Crippen LogP contribution >= 0.6 is 0 Å². The maximum atomic E-state index is 11.3. The molecule has 1 aliphatic carbocycles. The lowest BCUT2D eigenvalue weighted by atomic mass is 9.84. The molecule has 1 saturated carbocycles. The summed E-state index contributed by atoms with van der Waals surface area (Å²) in [4.78, 5) is 22.6. The van der Waals surface area contributed by atoms with E-state index < -0.39 is 0 Å². The standard InChI is InChI=1S/C13H23NO4/c1-3-17-12(15)9-10-5-7-11(8-6-10)14-13(16)18-4-2/h10-11H,3-9H2,1-2H3,(H,14,16). The van der Waals surface area contributed by atoms with Crippen molar-refractivity contribution in [2.45, 2.75) is 52.0 Å². The van der Waals surface area contributed by atoms with Crippen molar-refractivity contribution in [1.29, 1.82) is 0 Å². The molecule has 0 saturated heterocycles. The molecule has 5 nitrogen and oxygen atoms in total. The van der Waals surface area contributed by atoms with Gasteiger partial charge in [-0.2, -0.15) is 0 Å². The molecular weight excluding hydrogens is 234 g/mol. The fourth-order valence-corrected chi connectivity index (χ4v) is 2.31.